The number of nitro groups is 1. The maximum absolute atomic E-state index is 12.4. The maximum atomic E-state index is 12.4. The molecule has 1 aliphatic heterocycles. The summed E-state index contributed by atoms with van der Waals surface area (Å²) in [6, 6.07) is 4.81. The Hall–Kier alpha value is -3.73. The number of rotatable bonds is 5. The van der Waals surface area contributed by atoms with Crippen LogP contribution in [-0.2, 0) is 0 Å². The van der Waals surface area contributed by atoms with Crippen LogP contribution in [0, 0.1) is 10.1 Å². The number of carbonyl (C=O) groups excluding carboxylic acids is 2. The van der Waals surface area contributed by atoms with E-state index in [1.54, 1.807) is 0 Å². The van der Waals surface area contributed by atoms with Crippen LogP contribution < -0.4 is 21.9 Å². The summed E-state index contributed by atoms with van der Waals surface area (Å²) >= 11 is 0. The van der Waals surface area contributed by atoms with Gasteiger partial charge in [0.25, 0.3) is 23.1 Å². The number of nitrogen functional groups attached to an aromatic ring is 1. The second kappa shape index (κ2) is 6.29. The first kappa shape index (κ1) is 17.1. The van der Waals surface area contributed by atoms with Crippen LogP contribution in [0.4, 0.5) is 17.2 Å². The number of fused-ring (bicyclic) bond motifs is 1. The fourth-order valence-corrected chi connectivity index (χ4v) is 2.70. The number of nitrogens with two attached hydrogens (primary N) is 1. The fraction of sp³-hybridized carbons (Fsp3) is 0.133. The summed E-state index contributed by atoms with van der Waals surface area (Å²) in [5, 5.41) is 24.9. The summed E-state index contributed by atoms with van der Waals surface area (Å²) < 4.78 is 0.917. The van der Waals surface area contributed by atoms with E-state index in [-0.39, 0.29) is 47.2 Å². The molecule has 0 atom stereocenters. The third kappa shape index (κ3) is 2.65. The van der Waals surface area contributed by atoms with Gasteiger partial charge in [0.05, 0.1) is 28.3 Å². The zero-order chi connectivity index (χ0) is 19.0. The number of imide groups is 1. The number of nitrogens with zero attached hydrogens (tertiary/aromatic N) is 2. The Bertz CT molecular complexity index is 1010. The normalized spacial score (nSPS) is 12.7. The topological polar surface area (TPSA) is 170 Å². The molecular weight excluding hydrogens is 346 g/mol. The number of pyridine rings is 1. The molecule has 134 valence electrons. The number of nitro benzene ring substituents is 1. The molecule has 11 nitrogen and oxygen atoms in total. The number of aliphatic hydroxyl groups is 1. The SMILES string of the molecule is Nc1c2c(cc(=O)n1-c1ccc(NCCO)c([N+](=O)[O-])c1)C(=O)NC2=O. The van der Waals surface area contributed by atoms with E-state index in [2.05, 4.69) is 5.32 Å². The van der Waals surface area contributed by atoms with Crippen molar-refractivity contribution >= 4 is 29.0 Å². The molecule has 26 heavy (non-hydrogen) atoms. The minimum Gasteiger partial charge on any atom is -0.395 e. The number of benzene rings is 1. The van der Waals surface area contributed by atoms with Crippen LogP contribution in [-0.4, -0.2) is 39.6 Å². The van der Waals surface area contributed by atoms with Crippen molar-refractivity contribution in [3.8, 4) is 5.69 Å². The van der Waals surface area contributed by atoms with Crippen LogP contribution in [0.1, 0.15) is 20.7 Å². The Morgan fingerprint density at radius 1 is 1.23 bits per heavy atom. The monoisotopic (exact) mass is 359 g/mol. The van der Waals surface area contributed by atoms with Gasteiger partial charge in [0.1, 0.15) is 11.5 Å². The number of hydrogen-bond acceptors (Lipinski definition) is 8. The lowest BCUT2D eigenvalue weighted by Crippen LogP contribution is -2.24. The lowest BCUT2D eigenvalue weighted by molar-refractivity contribution is -0.383. The molecule has 0 bridgehead atoms. The Kier molecular flexibility index (Phi) is 4.14. The predicted octanol–water partition coefficient (Wildman–Crippen LogP) is -0.384. The van der Waals surface area contributed by atoms with Crippen LogP contribution in [0.2, 0.25) is 0 Å². The molecule has 0 spiro atoms. The molecule has 0 saturated carbocycles. The molecule has 0 saturated heterocycles. The number of carbonyl (C=O) groups is 2. The van der Waals surface area contributed by atoms with E-state index < -0.39 is 22.3 Å². The molecular formula is C15H13N5O6. The third-order valence-electron chi connectivity index (χ3n) is 3.82. The highest BCUT2D eigenvalue weighted by atomic mass is 16.6. The van der Waals surface area contributed by atoms with E-state index in [4.69, 9.17) is 10.8 Å². The van der Waals surface area contributed by atoms with E-state index in [0.29, 0.717) is 0 Å². The van der Waals surface area contributed by atoms with E-state index in [1.807, 2.05) is 5.32 Å². The van der Waals surface area contributed by atoms with E-state index >= 15 is 0 Å². The zero-order valence-corrected chi connectivity index (χ0v) is 13.2. The second-order valence-corrected chi connectivity index (χ2v) is 5.38. The lowest BCUT2D eigenvalue weighted by Gasteiger charge is -2.13. The van der Waals surface area contributed by atoms with Crippen molar-refractivity contribution < 1.29 is 19.6 Å². The Morgan fingerprint density at radius 3 is 2.62 bits per heavy atom. The number of aliphatic hydroxyl groups excluding tert-OH is 1. The summed E-state index contributed by atoms with van der Waals surface area (Å²) in [7, 11) is 0. The van der Waals surface area contributed by atoms with Gasteiger partial charge in [-0.15, -0.1) is 0 Å². The van der Waals surface area contributed by atoms with E-state index in [0.717, 1.165) is 16.7 Å². The molecule has 5 N–H and O–H groups in total. The van der Waals surface area contributed by atoms with E-state index in [9.17, 15) is 24.5 Å². The summed E-state index contributed by atoms with van der Waals surface area (Å²) in [5.41, 5.74) is 4.76. The first-order valence-corrected chi connectivity index (χ1v) is 7.40. The average Bonchev–Trinajstić information content (AvgIpc) is 2.87. The van der Waals surface area contributed by atoms with Crippen molar-refractivity contribution in [1.29, 1.82) is 0 Å². The summed E-state index contributed by atoms with van der Waals surface area (Å²) in [4.78, 5) is 46.5. The Balaban J connectivity index is 2.19. The van der Waals surface area contributed by atoms with Gasteiger partial charge in [-0.1, -0.05) is 0 Å². The fourth-order valence-electron chi connectivity index (χ4n) is 2.70. The average molecular weight is 359 g/mol. The third-order valence-corrected chi connectivity index (χ3v) is 3.82. The van der Waals surface area contributed by atoms with Gasteiger partial charge in [0.15, 0.2) is 0 Å². The summed E-state index contributed by atoms with van der Waals surface area (Å²) in [6.07, 6.45) is 0. The summed E-state index contributed by atoms with van der Waals surface area (Å²) in [5.74, 6) is -1.76. The molecule has 0 radical (unpaired) electrons. The van der Waals surface area contributed by atoms with Crippen molar-refractivity contribution in [2.24, 2.45) is 0 Å². The first-order valence-electron chi connectivity index (χ1n) is 7.40. The largest absolute Gasteiger partial charge is 0.395 e. The van der Waals surface area contributed by atoms with Crippen molar-refractivity contribution in [2.45, 2.75) is 0 Å². The second-order valence-electron chi connectivity index (χ2n) is 5.38. The summed E-state index contributed by atoms with van der Waals surface area (Å²) in [6.45, 7) is -0.122. The highest BCUT2D eigenvalue weighted by Crippen LogP contribution is 2.29. The minimum atomic E-state index is -0.744. The highest BCUT2D eigenvalue weighted by Gasteiger charge is 2.32. The molecule has 3 rings (SSSR count). The molecule has 1 aliphatic rings. The molecule has 1 aromatic carbocycles. The number of amides is 2. The van der Waals surface area contributed by atoms with Crippen molar-refractivity contribution in [3.63, 3.8) is 0 Å². The van der Waals surface area contributed by atoms with Crippen molar-refractivity contribution in [2.75, 3.05) is 24.2 Å². The number of hydrogen-bond donors (Lipinski definition) is 4. The first-order chi connectivity index (χ1) is 12.3. The molecule has 0 fully saturated rings. The molecule has 1 aromatic heterocycles. The number of anilines is 2. The quantitative estimate of drug-likeness (QED) is 0.318. The predicted molar refractivity (Wildman–Crippen MR) is 90.5 cm³/mol. The molecule has 2 amide bonds. The maximum Gasteiger partial charge on any atom is 0.294 e. The molecule has 0 aliphatic carbocycles. The van der Waals surface area contributed by atoms with Gasteiger partial charge in [0.2, 0.25) is 0 Å². The Morgan fingerprint density at radius 2 is 1.96 bits per heavy atom. The van der Waals surface area contributed by atoms with Crippen LogP contribution >= 0.6 is 0 Å². The molecule has 2 aromatic rings. The van der Waals surface area contributed by atoms with Gasteiger partial charge in [-0.05, 0) is 12.1 Å². The lowest BCUT2D eigenvalue weighted by atomic mass is 10.1. The van der Waals surface area contributed by atoms with Crippen LogP contribution in [0.25, 0.3) is 5.69 Å². The van der Waals surface area contributed by atoms with Crippen molar-refractivity contribution in [1.82, 2.24) is 9.88 Å². The van der Waals surface area contributed by atoms with Gasteiger partial charge >= 0.3 is 0 Å². The minimum absolute atomic E-state index is 0.0590. The van der Waals surface area contributed by atoms with Gasteiger partial charge in [-0.3, -0.25) is 34.4 Å². The van der Waals surface area contributed by atoms with Crippen molar-refractivity contribution in [3.05, 3.63) is 55.9 Å². The highest BCUT2D eigenvalue weighted by molar-refractivity contribution is 6.23. The number of aromatic nitrogens is 1. The zero-order valence-electron chi connectivity index (χ0n) is 13.2. The van der Waals surface area contributed by atoms with Gasteiger partial charge < -0.3 is 16.2 Å². The standard InChI is InChI=1S/C15H13N5O6/c16-13-12-8(14(23)18-15(12)24)6-11(22)19(13)7-1-2-9(17-3-4-21)10(5-7)20(25)26/h1-2,5-6,17,21H,3-4,16H2,(H,18,23,24). The van der Waals surface area contributed by atoms with Gasteiger partial charge in [-0.2, -0.15) is 0 Å². The Labute approximate surface area is 145 Å². The van der Waals surface area contributed by atoms with E-state index in [1.165, 1.54) is 12.1 Å². The van der Waals surface area contributed by atoms with Crippen LogP contribution in [0.15, 0.2) is 29.1 Å². The molecule has 0 unspecified atom stereocenters. The smallest absolute Gasteiger partial charge is 0.294 e. The van der Waals surface area contributed by atoms with Gasteiger partial charge in [-0.25, -0.2) is 0 Å². The molecule has 2 heterocycles. The number of nitrogens with one attached hydrogen (secondary N) is 2. The van der Waals surface area contributed by atoms with Gasteiger partial charge in [0, 0.05) is 18.7 Å². The van der Waals surface area contributed by atoms with Crippen LogP contribution in [0.5, 0.6) is 0 Å². The molecule has 11 heteroatoms. The van der Waals surface area contributed by atoms with Crippen LogP contribution in [0.3, 0.4) is 0 Å².